The Balaban J connectivity index is 2.01. The van der Waals surface area contributed by atoms with Gasteiger partial charge in [-0.2, -0.15) is 0 Å². The Kier molecular flexibility index (Phi) is 4.96. The summed E-state index contributed by atoms with van der Waals surface area (Å²) >= 11 is 0. The van der Waals surface area contributed by atoms with Gasteiger partial charge in [-0.1, -0.05) is 35.4 Å². The van der Waals surface area contributed by atoms with Crippen LogP contribution in [0.25, 0.3) is 0 Å². The van der Waals surface area contributed by atoms with Gasteiger partial charge in [0.25, 0.3) is 0 Å². The lowest BCUT2D eigenvalue weighted by atomic mass is 10.1. The van der Waals surface area contributed by atoms with Crippen LogP contribution in [0.4, 0.5) is 6.01 Å². The average Bonchev–Trinajstić information content (AvgIpc) is 2.92. The SMILES string of the molecule is CCN(Cc1ccccc1)c1nnc(CNC(C)(C)C)o1. The molecular formula is C16H24N4O. The van der Waals surface area contributed by atoms with E-state index in [0.29, 0.717) is 18.5 Å². The van der Waals surface area contributed by atoms with Crippen LogP contribution in [0, 0.1) is 0 Å². The summed E-state index contributed by atoms with van der Waals surface area (Å²) in [6, 6.07) is 10.9. The van der Waals surface area contributed by atoms with Gasteiger partial charge in [0.05, 0.1) is 6.54 Å². The Bertz CT molecular complexity index is 545. The van der Waals surface area contributed by atoms with Gasteiger partial charge >= 0.3 is 6.01 Å². The number of nitrogens with zero attached hydrogens (tertiary/aromatic N) is 3. The standard InChI is InChI=1S/C16H24N4O/c1-5-20(12-13-9-7-6-8-10-13)15-19-18-14(21-15)11-17-16(2,3)4/h6-10,17H,5,11-12H2,1-4H3. The number of aromatic nitrogens is 2. The van der Waals surface area contributed by atoms with Crippen LogP contribution in [0.3, 0.4) is 0 Å². The predicted octanol–water partition coefficient (Wildman–Crippen LogP) is 2.98. The highest BCUT2D eigenvalue weighted by atomic mass is 16.4. The summed E-state index contributed by atoms with van der Waals surface area (Å²) in [5.41, 5.74) is 1.26. The number of benzene rings is 1. The van der Waals surface area contributed by atoms with Crippen molar-refractivity contribution in [3.63, 3.8) is 0 Å². The first-order chi connectivity index (χ1) is 9.98. The Morgan fingerprint density at radius 3 is 2.48 bits per heavy atom. The highest BCUT2D eigenvalue weighted by Gasteiger charge is 2.15. The van der Waals surface area contributed by atoms with Gasteiger partial charge in [-0.15, -0.1) is 5.10 Å². The van der Waals surface area contributed by atoms with E-state index in [0.717, 1.165) is 13.1 Å². The second-order valence-electron chi connectivity index (χ2n) is 6.08. The Morgan fingerprint density at radius 2 is 1.86 bits per heavy atom. The molecule has 0 saturated heterocycles. The minimum Gasteiger partial charge on any atom is -0.407 e. The molecule has 114 valence electrons. The molecule has 0 atom stereocenters. The summed E-state index contributed by atoms with van der Waals surface area (Å²) < 4.78 is 5.75. The molecule has 0 aliphatic heterocycles. The maximum Gasteiger partial charge on any atom is 0.318 e. The van der Waals surface area contributed by atoms with Gasteiger partial charge in [0.2, 0.25) is 5.89 Å². The zero-order chi connectivity index (χ0) is 15.3. The van der Waals surface area contributed by atoms with E-state index in [1.54, 1.807) is 0 Å². The van der Waals surface area contributed by atoms with E-state index in [-0.39, 0.29) is 5.54 Å². The normalized spacial score (nSPS) is 11.6. The molecule has 5 heteroatoms. The molecule has 0 spiro atoms. The summed E-state index contributed by atoms with van der Waals surface area (Å²) in [7, 11) is 0. The van der Waals surface area contributed by atoms with E-state index in [9.17, 15) is 0 Å². The zero-order valence-electron chi connectivity index (χ0n) is 13.3. The summed E-state index contributed by atoms with van der Waals surface area (Å²) in [5.74, 6) is 0.617. The Hall–Kier alpha value is -1.88. The zero-order valence-corrected chi connectivity index (χ0v) is 13.3. The molecule has 1 aromatic carbocycles. The van der Waals surface area contributed by atoms with Crippen molar-refractivity contribution in [2.45, 2.75) is 46.3 Å². The van der Waals surface area contributed by atoms with Crippen molar-refractivity contribution in [3.8, 4) is 0 Å². The maximum absolute atomic E-state index is 5.75. The van der Waals surface area contributed by atoms with Gasteiger partial charge in [-0.05, 0) is 33.3 Å². The van der Waals surface area contributed by atoms with Crippen molar-refractivity contribution in [3.05, 3.63) is 41.8 Å². The fourth-order valence-corrected chi connectivity index (χ4v) is 1.90. The van der Waals surface area contributed by atoms with Gasteiger partial charge in [0, 0.05) is 18.6 Å². The molecule has 0 aliphatic carbocycles. The van der Waals surface area contributed by atoms with Gasteiger partial charge in [0.15, 0.2) is 0 Å². The monoisotopic (exact) mass is 288 g/mol. The molecule has 0 unspecified atom stereocenters. The molecule has 0 bridgehead atoms. The van der Waals surface area contributed by atoms with Crippen LogP contribution in [0.1, 0.15) is 39.1 Å². The van der Waals surface area contributed by atoms with Crippen LogP contribution in [0.2, 0.25) is 0 Å². The summed E-state index contributed by atoms with van der Waals surface area (Å²) in [6.45, 7) is 10.6. The van der Waals surface area contributed by atoms with Crippen molar-refractivity contribution in [2.75, 3.05) is 11.4 Å². The largest absolute Gasteiger partial charge is 0.407 e. The quantitative estimate of drug-likeness (QED) is 0.885. The Morgan fingerprint density at radius 1 is 1.14 bits per heavy atom. The maximum atomic E-state index is 5.75. The third kappa shape index (κ3) is 4.86. The summed E-state index contributed by atoms with van der Waals surface area (Å²) in [5, 5.41) is 11.6. The molecule has 0 radical (unpaired) electrons. The van der Waals surface area contributed by atoms with Crippen molar-refractivity contribution in [1.29, 1.82) is 0 Å². The van der Waals surface area contributed by atoms with Crippen LogP contribution in [-0.2, 0) is 13.1 Å². The lowest BCUT2D eigenvalue weighted by Crippen LogP contribution is -2.35. The number of hydrogen-bond acceptors (Lipinski definition) is 5. The Labute approximate surface area is 126 Å². The molecule has 2 rings (SSSR count). The first kappa shape index (κ1) is 15.5. The second kappa shape index (κ2) is 6.72. The lowest BCUT2D eigenvalue weighted by molar-refractivity contribution is 0.380. The van der Waals surface area contributed by atoms with Crippen molar-refractivity contribution >= 4 is 6.01 Å². The van der Waals surface area contributed by atoms with Crippen LogP contribution in [0.15, 0.2) is 34.7 Å². The van der Waals surface area contributed by atoms with E-state index >= 15 is 0 Å². The first-order valence-electron chi connectivity index (χ1n) is 7.34. The van der Waals surface area contributed by atoms with E-state index in [1.165, 1.54) is 5.56 Å². The smallest absolute Gasteiger partial charge is 0.318 e. The minimum atomic E-state index is 0.0309. The third-order valence-electron chi connectivity index (χ3n) is 3.09. The molecule has 1 heterocycles. The molecular weight excluding hydrogens is 264 g/mol. The van der Waals surface area contributed by atoms with E-state index < -0.39 is 0 Å². The highest BCUT2D eigenvalue weighted by molar-refractivity contribution is 5.28. The first-order valence-corrected chi connectivity index (χ1v) is 7.34. The molecule has 0 aliphatic rings. The van der Waals surface area contributed by atoms with Gasteiger partial charge in [0.1, 0.15) is 0 Å². The lowest BCUT2D eigenvalue weighted by Gasteiger charge is -2.19. The molecule has 1 aromatic heterocycles. The fraction of sp³-hybridized carbons (Fsp3) is 0.500. The number of nitrogens with one attached hydrogen (secondary N) is 1. The number of rotatable bonds is 6. The van der Waals surface area contributed by atoms with Crippen LogP contribution >= 0.6 is 0 Å². The number of anilines is 1. The molecule has 0 amide bonds. The van der Waals surface area contributed by atoms with E-state index in [1.807, 2.05) is 18.2 Å². The average molecular weight is 288 g/mol. The molecule has 5 nitrogen and oxygen atoms in total. The van der Waals surface area contributed by atoms with Crippen LogP contribution < -0.4 is 10.2 Å². The molecule has 21 heavy (non-hydrogen) atoms. The fourth-order valence-electron chi connectivity index (χ4n) is 1.90. The molecule has 1 N–H and O–H groups in total. The van der Waals surface area contributed by atoms with Crippen LogP contribution in [0.5, 0.6) is 0 Å². The number of hydrogen-bond donors (Lipinski definition) is 1. The summed E-state index contributed by atoms with van der Waals surface area (Å²) in [4.78, 5) is 2.07. The topological polar surface area (TPSA) is 54.2 Å². The van der Waals surface area contributed by atoms with Crippen molar-refractivity contribution in [1.82, 2.24) is 15.5 Å². The predicted molar refractivity (Wildman–Crippen MR) is 84.1 cm³/mol. The molecule has 0 fully saturated rings. The molecule has 2 aromatic rings. The molecule has 0 saturated carbocycles. The van der Waals surface area contributed by atoms with Crippen molar-refractivity contribution in [2.24, 2.45) is 0 Å². The van der Waals surface area contributed by atoms with Crippen molar-refractivity contribution < 1.29 is 4.42 Å². The minimum absolute atomic E-state index is 0.0309. The summed E-state index contributed by atoms with van der Waals surface area (Å²) in [6.07, 6.45) is 0. The van der Waals surface area contributed by atoms with E-state index in [4.69, 9.17) is 4.42 Å². The second-order valence-corrected chi connectivity index (χ2v) is 6.08. The van der Waals surface area contributed by atoms with Crippen LogP contribution in [-0.4, -0.2) is 22.3 Å². The van der Waals surface area contributed by atoms with Gasteiger partial charge < -0.3 is 14.6 Å². The van der Waals surface area contributed by atoms with Gasteiger partial charge in [-0.25, -0.2) is 0 Å². The highest BCUT2D eigenvalue weighted by Crippen LogP contribution is 2.16. The van der Waals surface area contributed by atoms with E-state index in [2.05, 4.69) is 60.2 Å². The van der Waals surface area contributed by atoms with Gasteiger partial charge in [-0.3, -0.25) is 0 Å². The third-order valence-corrected chi connectivity index (χ3v) is 3.09.